The molecule has 1 aromatic rings. The lowest BCUT2D eigenvalue weighted by atomic mass is 9.98. The van der Waals surface area contributed by atoms with Gasteiger partial charge in [0.15, 0.2) is 0 Å². The van der Waals surface area contributed by atoms with Gasteiger partial charge >= 0.3 is 5.97 Å². The molecule has 1 amide bonds. The molecule has 0 saturated heterocycles. The van der Waals surface area contributed by atoms with E-state index >= 15 is 0 Å². The molecule has 6 heteroatoms. The normalized spacial score (nSPS) is 12.0. The summed E-state index contributed by atoms with van der Waals surface area (Å²) < 4.78 is 0. The molecule has 1 atom stereocenters. The van der Waals surface area contributed by atoms with Gasteiger partial charge in [-0.25, -0.2) is 0 Å². The smallest absolute Gasteiger partial charge is 0.320 e. The van der Waals surface area contributed by atoms with Crippen LogP contribution in [0.2, 0.25) is 0 Å². The third-order valence-electron chi connectivity index (χ3n) is 3.60. The molecule has 0 heterocycles. The summed E-state index contributed by atoms with van der Waals surface area (Å²) in [6.07, 6.45) is 0. The topological polar surface area (TPSA) is 69.6 Å². The van der Waals surface area contributed by atoms with Crippen LogP contribution in [0.15, 0.2) is 18.2 Å². The van der Waals surface area contributed by atoms with E-state index in [1.54, 1.807) is 14.0 Å². The van der Waals surface area contributed by atoms with Crippen LogP contribution in [0.3, 0.4) is 0 Å². The Morgan fingerprint density at radius 2 is 1.86 bits per heavy atom. The predicted octanol–water partition coefficient (Wildman–Crippen LogP) is 2.88. The van der Waals surface area contributed by atoms with Gasteiger partial charge in [0.05, 0.1) is 6.54 Å². The van der Waals surface area contributed by atoms with E-state index in [4.69, 9.17) is 5.11 Å². The van der Waals surface area contributed by atoms with E-state index in [-0.39, 0.29) is 24.9 Å². The molecule has 1 rings (SSSR count). The van der Waals surface area contributed by atoms with Crippen molar-refractivity contribution in [1.29, 1.82) is 0 Å². The molecular weight excluding hydrogens is 304 g/mol. The molecule has 2 N–H and O–H groups in total. The number of anilines is 1. The number of carbonyl (C=O) groups is 2. The summed E-state index contributed by atoms with van der Waals surface area (Å²) in [6, 6.07) is 5.22. The fourth-order valence-corrected chi connectivity index (χ4v) is 2.07. The predicted molar refractivity (Wildman–Crippen MR) is 90.9 cm³/mol. The van der Waals surface area contributed by atoms with E-state index in [0.29, 0.717) is 5.92 Å². The number of aryl methyl sites for hydroxylation is 1. The van der Waals surface area contributed by atoms with E-state index in [0.717, 1.165) is 16.8 Å². The van der Waals surface area contributed by atoms with Gasteiger partial charge in [-0.15, -0.1) is 12.4 Å². The van der Waals surface area contributed by atoms with Crippen molar-refractivity contribution in [1.82, 2.24) is 4.90 Å². The van der Waals surface area contributed by atoms with Gasteiger partial charge in [-0.05, 0) is 37.9 Å². The average Bonchev–Trinajstić information content (AvgIpc) is 2.39. The number of benzene rings is 1. The molecule has 0 spiro atoms. The van der Waals surface area contributed by atoms with E-state index < -0.39 is 12.0 Å². The highest BCUT2D eigenvalue weighted by molar-refractivity contribution is 5.94. The first-order chi connectivity index (χ1) is 9.73. The molecule has 0 aromatic heterocycles. The standard InChI is InChI=1S/C16H24N2O3.ClH/c1-10(2)13-8-6-7-11(3)15(13)17-14(19)9-18(5)12(4)16(20)21;/h6-8,10,12H,9H2,1-5H3,(H,17,19)(H,20,21);1H. The Kier molecular flexibility index (Phi) is 8.12. The number of rotatable bonds is 6. The zero-order valence-electron chi connectivity index (χ0n) is 13.7. The van der Waals surface area contributed by atoms with Crippen LogP contribution in [0.4, 0.5) is 5.69 Å². The maximum atomic E-state index is 12.1. The maximum absolute atomic E-state index is 12.1. The minimum absolute atomic E-state index is 0. The Bertz CT molecular complexity index is 532. The number of nitrogens with zero attached hydrogens (tertiary/aromatic N) is 1. The van der Waals surface area contributed by atoms with Gasteiger partial charge in [0.2, 0.25) is 5.91 Å². The van der Waals surface area contributed by atoms with Crippen LogP contribution in [0.25, 0.3) is 0 Å². The first kappa shape index (κ1) is 20.4. The van der Waals surface area contributed by atoms with E-state index in [9.17, 15) is 9.59 Å². The van der Waals surface area contributed by atoms with Crippen molar-refractivity contribution >= 4 is 30.0 Å². The van der Waals surface area contributed by atoms with Crippen LogP contribution in [0.1, 0.15) is 37.8 Å². The SMILES string of the molecule is Cc1cccc(C(C)C)c1NC(=O)CN(C)C(C)C(=O)O.Cl. The second-order valence-electron chi connectivity index (χ2n) is 5.67. The Balaban J connectivity index is 0.00000441. The molecule has 124 valence electrons. The van der Waals surface area contributed by atoms with Crippen molar-refractivity contribution in [2.45, 2.75) is 39.7 Å². The molecule has 0 saturated carbocycles. The number of para-hydroxylation sites is 1. The van der Waals surface area contributed by atoms with Gasteiger partial charge in [0.1, 0.15) is 6.04 Å². The van der Waals surface area contributed by atoms with Crippen LogP contribution in [-0.2, 0) is 9.59 Å². The van der Waals surface area contributed by atoms with Crippen LogP contribution < -0.4 is 5.32 Å². The van der Waals surface area contributed by atoms with Crippen molar-refractivity contribution in [2.75, 3.05) is 18.9 Å². The number of nitrogens with one attached hydrogen (secondary N) is 1. The van der Waals surface area contributed by atoms with Gasteiger partial charge in [0.25, 0.3) is 0 Å². The minimum Gasteiger partial charge on any atom is -0.480 e. The Morgan fingerprint density at radius 3 is 2.36 bits per heavy atom. The number of halogens is 1. The Hall–Kier alpha value is -1.59. The molecule has 0 radical (unpaired) electrons. The van der Waals surface area contributed by atoms with Crippen molar-refractivity contribution in [3.63, 3.8) is 0 Å². The number of amides is 1. The molecular formula is C16H25ClN2O3. The highest BCUT2D eigenvalue weighted by Gasteiger charge is 2.20. The fraction of sp³-hybridized carbons (Fsp3) is 0.500. The number of carboxylic acid groups (broad SMARTS) is 1. The monoisotopic (exact) mass is 328 g/mol. The number of hydrogen-bond donors (Lipinski definition) is 2. The summed E-state index contributed by atoms with van der Waals surface area (Å²) in [5, 5.41) is 11.9. The third-order valence-corrected chi connectivity index (χ3v) is 3.60. The quantitative estimate of drug-likeness (QED) is 0.842. The minimum atomic E-state index is -0.941. The molecule has 0 fully saturated rings. The number of carbonyl (C=O) groups excluding carboxylic acids is 1. The Labute approximate surface area is 138 Å². The van der Waals surface area contributed by atoms with Gasteiger partial charge in [0, 0.05) is 5.69 Å². The first-order valence-electron chi connectivity index (χ1n) is 7.06. The van der Waals surface area contributed by atoms with Crippen LogP contribution in [0, 0.1) is 6.92 Å². The maximum Gasteiger partial charge on any atom is 0.320 e. The Morgan fingerprint density at radius 1 is 1.27 bits per heavy atom. The third kappa shape index (κ3) is 5.31. The highest BCUT2D eigenvalue weighted by atomic mass is 35.5. The summed E-state index contributed by atoms with van der Waals surface area (Å²) in [5.74, 6) is -0.846. The zero-order valence-corrected chi connectivity index (χ0v) is 14.5. The lowest BCUT2D eigenvalue weighted by molar-refractivity contribution is -0.142. The second-order valence-corrected chi connectivity index (χ2v) is 5.67. The van der Waals surface area contributed by atoms with Crippen molar-refractivity contribution in [2.24, 2.45) is 0 Å². The summed E-state index contributed by atoms with van der Waals surface area (Å²) in [4.78, 5) is 24.5. The van der Waals surface area contributed by atoms with E-state index in [1.165, 1.54) is 4.90 Å². The van der Waals surface area contributed by atoms with Gasteiger partial charge in [-0.3, -0.25) is 14.5 Å². The van der Waals surface area contributed by atoms with E-state index in [2.05, 4.69) is 19.2 Å². The summed E-state index contributed by atoms with van der Waals surface area (Å²) in [5.41, 5.74) is 2.91. The number of likely N-dealkylation sites (N-methyl/N-ethyl adjacent to an activating group) is 1. The number of aliphatic carboxylic acids is 1. The molecule has 1 unspecified atom stereocenters. The molecule has 1 aromatic carbocycles. The molecule has 5 nitrogen and oxygen atoms in total. The van der Waals surface area contributed by atoms with Crippen LogP contribution in [0.5, 0.6) is 0 Å². The zero-order chi connectivity index (χ0) is 16.2. The lowest BCUT2D eigenvalue weighted by Gasteiger charge is -2.22. The molecule has 0 bridgehead atoms. The van der Waals surface area contributed by atoms with Crippen LogP contribution in [-0.4, -0.2) is 41.5 Å². The van der Waals surface area contributed by atoms with Crippen molar-refractivity contribution in [3.05, 3.63) is 29.3 Å². The summed E-state index contributed by atoms with van der Waals surface area (Å²) in [7, 11) is 1.62. The van der Waals surface area contributed by atoms with Gasteiger partial charge in [-0.2, -0.15) is 0 Å². The molecule has 0 aliphatic carbocycles. The van der Waals surface area contributed by atoms with Crippen molar-refractivity contribution < 1.29 is 14.7 Å². The molecule has 0 aliphatic rings. The molecule has 0 aliphatic heterocycles. The van der Waals surface area contributed by atoms with Gasteiger partial charge in [-0.1, -0.05) is 32.0 Å². The van der Waals surface area contributed by atoms with Crippen LogP contribution >= 0.6 is 12.4 Å². The summed E-state index contributed by atoms with van der Waals surface area (Å²) >= 11 is 0. The lowest BCUT2D eigenvalue weighted by Crippen LogP contribution is -2.40. The highest BCUT2D eigenvalue weighted by Crippen LogP contribution is 2.27. The van der Waals surface area contributed by atoms with Crippen molar-refractivity contribution in [3.8, 4) is 0 Å². The molecule has 22 heavy (non-hydrogen) atoms. The number of carboxylic acids is 1. The number of hydrogen-bond acceptors (Lipinski definition) is 3. The summed E-state index contributed by atoms with van der Waals surface area (Å²) in [6.45, 7) is 7.69. The average molecular weight is 329 g/mol. The van der Waals surface area contributed by atoms with E-state index in [1.807, 2.05) is 25.1 Å². The largest absolute Gasteiger partial charge is 0.480 e. The second kappa shape index (κ2) is 8.76. The van der Waals surface area contributed by atoms with Gasteiger partial charge < -0.3 is 10.4 Å². The fourth-order valence-electron chi connectivity index (χ4n) is 2.07. The first-order valence-corrected chi connectivity index (χ1v) is 7.06.